The number of nitrogens with zero attached hydrogens (tertiary/aromatic N) is 2. The minimum Gasteiger partial charge on any atom is -0.497 e. The molecule has 2 aromatic rings. The summed E-state index contributed by atoms with van der Waals surface area (Å²) in [5.74, 6) is 1.63. The van der Waals surface area contributed by atoms with Gasteiger partial charge in [0.2, 0.25) is 0 Å². The molecule has 160 valence electrons. The van der Waals surface area contributed by atoms with Gasteiger partial charge in [-0.25, -0.2) is 0 Å². The molecule has 0 bridgehead atoms. The first-order chi connectivity index (χ1) is 14.4. The van der Waals surface area contributed by atoms with Crippen LogP contribution in [0.3, 0.4) is 0 Å². The van der Waals surface area contributed by atoms with Crippen molar-refractivity contribution in [3.05, 3.63) is 53.1 Å². The molecule has 0 spiro atoms. The maximum Gasteiger partial charge on any atom is 0.260 e. The maximum atomic E-state index is 12.9. The van der Waals surface area contributed by atoms with Crippen molar-refractivity contribution in [2.24, 2.45) is 0 Å². The molecule has 7 nitrogen and oxygen atoms in total. The molecule has 1 saturated heterocycles. The van der Waals surface area contributed by atoms with Gasteiger partial charge in [0.25, 0.3) is 11.8 Å². The minimum absolute atomic E-state index is 0.0104. The smallest absolute Gasteiger partial charge is 0.260 e. The predicted octanol–water partition coefficient (Wildman–Crippen LogP) is 2.68. The molecule has 0 N–H and O–H groups in total. The van der Waals surface area contributed by atoms with Gasteiger partial charge in [0.15, 0.2) is 6.61 Å². The first-order valence-corrected chi connectivity index (χ1v) is 9.91. The van der Waals surface area contributed by atoms with Gasteiger partial charge in [0.1, 0.15) is 17.2 Å². The van der Waals surface area contributed by atoms with Crippen LogP contribution in [0.5, 0.6) is 17.2 Å². The van der Waals surface area contributed by atoms with Crippen LogP contribution < -0.4 is 14.2 Å². The van der Waals surface area contributed by atoms with E-state index in [1.807, 2.05) is 32.0 Å². The van der Waals surface area contributed by atoms with E-state index in [1.54, 1.807) is 42.2 Å². The molecule has 0 unspecified atom stereocenters. The van der Waals surface area contributed by atoms with Gasteiger partial charge >= 0.3 is 0 Å². The topological polar surface area (TPSA) is 68.3 Å². The SMILES string of the molecule is COc1cc(OC)cc(C(=O)N2CCN(C(=O)COc3ccc(C)c(C)c3)CC2)c1. The summed E-state index contributed by atoms with van der Waals surface area (Å²) >= 11 is 0. The Hall–Kier alpha value is -3.22. The Balaban J connectivity index is 1.54. The number of hydrogen-bond acceptors (Lipinski definition) is 5. The third-order valence-electron chi connectivity index (χ3n) is 5.36. The number of benzene rings is 2. The van der Waals surface area contributed by atoms with Crippen LogP contribution in [0, 0.1) is 13.8 Å². The summed E-state index contributed by atoms with van der Waals surface area (Å²) in [5.41, 5.74) is 2.81. The number of amides is 2. The van der Waals surface area contributed by atoms with Crippen LogP contribution in [0.25, 0.3) is 0 Å². The van der Waals surface area contributed by atoms with Crippen LogP contribution in [0.15, 0.2) is 36.4 Å². The molecule has 1 aliphatic heterocycles. The number of carbonyl (C=O) groups excluding carboxylic acids is 2. The van der Waals surface area contributed by atoms with Crippen LogP contribution in [0.2, 0.25) is 0 Å². The summed E-state index contributed by atoms with van der Waals surface area (Å²) in [5, 5.41) is 0. The van der Waals surface area contributed by atoms with Gasteiger partial charge in [-0.05, 0) is 49.2 Å². The van der Waals surface area contributed by atoms with Crippen molar-refractivity contribution in [2.45, 2.75) is 13.8 Å². The van der Waals surface area contributed by atoms with E-state index in [0.717, 1.165) is 5.56 Å². The van der Waals surface area contributed by atoms with Crippen molar-refractivity contribution in [3.63, 3.8) is 0 Å². The van der Waals surface area contributed by atoms with Crippen LogP contribution in [0.4, 0.5) is 0 Å². The lowest BCUT2D eigenvalue weighted by molar-refractivity contribution is -0.134. The second-order valence-corrected chi connectivity index (χ2v) is 7.31. The van der Waals surface area contributed by atoms with Crippen molar-refractivity contribution in [1.82, 2.24) is 9.80 Å². The highest BCUT2D eigenvalue weighted by Crippen LogP contribution is 2.24. The third-order valence-corrected chi connectivity index (χ3v) is 5.36. The molecular formula is C23H28N2O5. The number of methoxy groups -OCH3 is 2. The largest absolute Gasteiger partial charge is 0.497 e. The number of piperazine rings is 1. The predicted molar refractivity (Wildman–Crippen MR) is 113 cm³/mol. The van der Waals surface area contributed by atoms with Gasteiger partial charge < -0.3 is 24.0 Å². The van der Waals surface area contributed by atoms with Crippen molar-refractivity contribution in [1.29, 1.82) is 0 Å². The Kier molecular flexibility index (Phi) is 6.82. The monoisotopic (exact) mass is 412 g/mol. The molecular weight excluding hydrogens is 384 g/mol. The number of aryl methyl sites for hydroxylation is 2. The normalized spacial score (nSPS) is 13.7. The lowest BCUT2D eigenvalue weighted by Gasteiger charge is -2.34. The van der Waals surface area contributed by atoms with E-state index in [0.29, 0.717) is 49.0 Å². The maximum absolute atomic E-state index is 12.9. The van der Waals surface area contributed by atoms with Crippen LogP contribution in [-0.2, 0) is 4.79 Å². The first-order valence-electron chi connectivity index (χ1n) is 9.91. The van der Waals surface area contributed by atoms with E-state index in [9.17, 15) is 9.59 Å². The Morgan fingerprint density at radius 3 is 1.97 bits per heavy atom. The number of ether oxygens (including phenoxy) is 3. The molecule has 0 aliphatic carbocycles. The van der Waals surface area contributed by atoms with Crippen LogP contribution in [-0.4, -0.2) is 68.6 Å². The summed E-state index contributed by atoms with van der Waals surface area (Å²) in [6.07, 6.45) is 0. The first kappa shape index (κ1) is 21.5. The quantitative estimate of drug-likeness (QED) is 0.730. The molecule has 1 aliphatic rings. The third kappa shape index (κ3) is 5.03. The summed E-state index contributed by atoms with van der Waals surface area (Å²) in [7, 11) is 3.10. The zero-order chi connectivity index (χ0) is 21.7. The highest BCUT2D eigenvalue weighted by Gasteiger charge is 2.25. The Labute approximate surface area is 177 Å². The number of hydrogen-bond donors (Lipinski definition) is 0. The fourth-order valence-corrected chi connectivity index (χ4v) is 3.31. The van der Waals surface area contributed by atoms with Gasteiger partial charge in [0.05, 0.1) is 14.2 Å². The van der Waals surface area contributed by atoms with Gasteiger partial charge in [-0.15, -0.1) is 0 Å². The molecule has 0 radical (unpaired) electrons. The second kappa shape index (κ2) is 9.52. The molecule has 30 heavy (non-hydrogen) atoms. The lowest BCUT2D eigenvalue weighted by Crippen LogP contribution is -2.51. The van der Waals surface area contributed by atoms with Crippen molar-refractivity contribution >= 4 is 11.8 Å². The van der Waals surface area contributed by atoms with E-state index in [4.69, 9.17) is 14.2 Å². The molecule has 3 rings (SSSR count). The molecule has 7 heteroatoms. The number of carbonyl (C=O) groups is 2. The highest BCUT2D eigenvalue weighted by atomic mass is 16.5. The summed E-state index contributed by atoms with van der Waals surface area (Å²) < 4.78 is 16.1. The van der Waals surface area contributed by atoms with Crippen molar-refractivity contribution in [2.75, 3.05) is 47.0 Å². The van der Waals surface area contributed by atoms with Gasteiger partial charge in [-0.1, -0.05) is 6.07 Å². The molecule has 2 aromatic carbocycles. The highest BCUT2D eigenvalue weighted by molar-refractivity contribution is 5.95. The van der Waals surface area contributed by atoms with Crippen LogP contribution in [0.1, 0.15) is 21.5 Å². The zero-order valence-electron chi connectivity index (χ0n) is 17.9. The summed E-state index contributed by atoms with van der Waals surface area (Å²) in [4.78, 5) is 28.8. The molecule has 0 atom stereocenters. The number of rotatable bonds is 6. The van der Waals surface area contributed by atoms with E-state index >= 15 is 0 Å². The Morgan fingerprint density at radius 1 is 0.800 bits per heavy atom. The summed E-state index contributed by atoms with van der Waals surface area (Å²) in [6.45, 7) is 5.92. The second-order valence-electron chi connectivity index (χ2n) is 7.31. The van der Waals surface area contributed by atoms with Gasteiger partial charge in [-0.3, -0.25) is 9.59 Å². The molecule has 2 amide bonds. The van der Waals surface area contributed by atoms with E-state index < -0.39 is 0 Å². The van der Waals surface area contributed by atoms with E-state index in [-0.39, 0.29) is 18.4 Å². The Morgan fingerprint density at radius 2 is 1.40 bits per heavy atom. The average molecular weight is 412 g/mol. The fourth-order valence-electron chi connectivity index (χ4n) is 3.31. The minimum atomic E-state index is -0.106. The van der Waals surface area contributed by atoms with Gasteiger partial charge in [-0.2, -0.15) is 0 Å². The van der Waals surface area contributed by atoms with Gasteiger partial charge in [0, 0.05) is 37.8 Å². The average Bonchev–Trinajstić information content (AvgIpc) is 2.78. The van der Waals surface area contributed by atoms with Crippen molar-refractivity contribution < 1.29 is 23.8 Å². The molecule has 1 heterocycles. The van der Waals surface area contributed by atoms with E-state index in [1.165, 1.54) is 5.56 Å². The van der Waals surface area contributed by atoms with Crippen LogP contribution >= 0.6 is 0 Å². The van der Waals surface area contributed by atoms with E-state index in [2.05, 4.69) is 0 Å². The lowest BCUT2D eigenvalue weighted by atomic mass is 10.1. The molecule has 0 saturated carbocycles. The zero-order valence-corrected chi connectivity index (χ0v) is 17.9. The van der Waals surface area contributed by atoms with Crippen molar-refractivity contribution in [3.8, 4) is 17.2 Å². The summed E-state index contributed by atoms with van der Waals surface area (Å²) in [6, 6.07) is 10.9. The standard InChI is InChI=1S/C23H28N2O5/c1-16-5-6-19(11-17(16)2)30-15-22(26)24-7-9-25(10-8-24)23(27)18-12-20(28-3)14-21(13-18)29-4/h5-6,11-14H,7-10,15H2,1-4H3. The Bertz CT molecular complexity index is 898. The molecule has 0 aromatic heterocycles. The fraction of sp³-hybridized carbons (Fsp3) is 0.391. The molecule has 1 fully saturated rings.